The van der Waals surface area contributed by atoms with Gasteiger partial charge in [0.1, 0.15) is 11.5 Å². The molecule has 0 spiro atoms. The number of benzene rings is 4. The Bertz CT molecular complexity index is 1280. The number of nitrogens with one attached hydrogen (secondary N) is 1. The van der Waals surface area contributed by atoms with Crippen molar-refractivity contribution >= 4 is 28.9 Å². The highest BCUT2D eigenvalue weighted by Crippen LogP contribution is 2.27. The number of aromatic hydroxyl groups is 1. The second-order valence-corrected chi connectivity index (χ2v) is 6.67. The largest absolute Gasteiger partial charge is 0.507 e. The Kier molecular flexibility index (Phi) is 5.71. The zero-order valence-electron chi connectivity index (χ0n) is 16.4. The fourth-order valence-corrected chi connectivity index (χ4v) is 3.11. The summed E-state index contributed by atoms with van der Waals surface area (Å²) in [5, 5.41) is 15.6. The lowest BCUT2D eigenvalue weighted by molar-refractivity contribution is 0.0734. The van der Waals surface area contributed by atoms with Crippen LogP contribution < -0.4 is 10.2 Å². The van der Waals surface area contributed by atoms with Crippen LogP contribution in [0, 0.1) is 0 Å². The number of esters is 1. The van der Waals surface area contributed by atoms with E-state index in [0.717, 1.165) is 10.8 Å². The molecule has 0 unspecified atom stereocenters. The monoisotopic (exact) mass is 410 g/mol. The lowest BCUT2D eigenvalue weighted by Gasteiger charge is -2.10. The van der Waals surface area contributed by atoms with Gasteiger partial charge in [-0.2, -0.15) is 5.10 Å². The van der Waals surface area contributed by atoms with Crippen molar-refractivity contribution in [2.24, 2.45) is 5.10 Å². The first-order valence-electron chi connectivity index (χ1n) is 9.54. The van der Waals surface area contributed by atoms with Gasteiger partial charge in [0, 0.05) is 5.56 Å². The molecule has 0 aliphatic carbocycles. The Balaban J connectivity index is 1.64. The van der Waals surface area contributed by atoms with Crippen molar-refractivity contribution in [3.05, 3.63) is 108 Å². The van der Waals surface area contributed by atoms with Crippen molar-refractivity contribution in [1.29, 1.82) is 0 Å². The maximum absolute atomic E-state index is 12.5. The first kappa shape index (κ1) is 19.8. The van der Waals surface area contributed by atoms with Gasteiger partial charge in [0.2, 0.25) is 0 Å². The zero-order chi connectivity index (χ0) is 21.6. The fourth-order valence-electron chi connectivity index (χ4n) is 3.11. The lowest BCUT2D eigenvalue weighted by atomic mass is 10.0. The molecule has 6 nitrogen and oxygen atoms in total. The molecule has 4 aromatic rings. The highest BCUT2D eigenvalue weighted by atomic mass is 16.5. The Morgan fingerprint density at radius 1 is 0.839 bits per heavy atom. The highest BCUT2D eigenvalue weighted by Gasteiger charge is 2.14. The van der Waals surface area contributed by atoms with Gasteiger partial charge >= 0.3 is 5.97 Å². The third-order valence-corrected chi connectivity index (χ3v) is 4.65. The van der Waals surface area contributed by atoms with Gasteiger partial charge in [-0.15, -0.1) is 0 Å². The van der Waals surface area contributed by atoms with E-state index in [1.54, 1.807) is 42.5 Å². The molecule has 1 amide bonds. The predicted molar refractivity (Wildman–Crippen MR) is 119 cm³/mol. The van der Waals surface area contributed by atoms with Crippen molar-refractivity contribution < 1.29 is 19.4 Å². The van der Waals surface area contributed by atoms with E-state index in [1.807, 2.05) is 36.4 Å². The number of amides is 1. The van der Waals surface area contributed by atoms with Crippen LogP contribution in [0.3, 0.4) is 0 Å². The van der Waals surface area contributed by atoms with Gasteiger partial charge in [0.15, 0.2) is 0 Å². The summed E-state index contributed by atoms with van der Waals surface area (Å²) in [6, 6.07) is 26.0. The molecular formula is C25H18N2O4. The summed E-state index contributed by atoms with van der Waals surface area (Å²) < 4.78 is 5.62. The first-order chi connectivity index (χ1) is 15.1. The number of ether oxygens (including phenoxy) is 1. The minimum Gasteiger partial charge on any atom is -0.507 e. The molecule has 0 aromatic heterocycles. The zero-order valence-corrected chi connectivity index (χ0v) is 16.4. The number of nitrogens with zero attached hydrogens (tertiary/aromatic N) is 1. The fraction of sp³-hybridized carbons (Fsp3) is 0. The van der Waals surface area contributed by atoms with Gasteiger partial charge in [-0.25, -0.2) is 10.2 Å². The van der Waals surface area contributed by atoms with E-state index in [0.29, 0.717) is 16.9 Å². The maximum atomic E-state index is 12.5. The smallest absolute Gasteiger partial charge is 0.343 e. The maximum Gasteiger partial charge on any atom is 0.343 e. The van der Waals surface area contributed by atoms with Gasteiger partial charge in [0.25, 0.3) is 5.91 Å². The SMILES string of the molecule is O=C(Oc1ccc2ccccc2c1C=NNC(=O)c1ccccc1O)c1ccccc1. The van der Waals surface area contributed by atoms with Crippen molar-refractivity contribution in [1.82, 2.24) is 5.43 Å². The van der Waals surface area contributed by atoms with E-state index in [9.17, 15) is 14.7 Å². The highest BCUT2D eigenvalue weighted by molar-refractivity contribution is 6.04. The summed E-state index contributed by atoms with van der Waals surface area (Å²) in [6.07, 6.45) is 1.42. The number of hydrogen-bond donors (Lipinski definition) is 2. The average molecular weight is 410 g/mol. The molecule has 31 heavy (non-hydrogen) atoms. The number of hydrogen-bond acceptors (Lipinski definition) is 5. The molecule has 0 bridgehead atoms. The average Bonchev–Trinajstić information content (AvgIpc) is 2.81. The number of fused-ring (bicyclic) bond motifs is 1. The summed E-state index contributed by atoms with van der Waals surface area (Å²) in [5.74, 6) is -0.882. The second-order valence-electron chi connectivity index (χ2n) is 6.67. The number of carbonyl (C=O) groups excluding carboxylic acids is 2. The van der Waals surface area contributed by atoms with E-state index in [1.165, 1.54) is 18.3 Å². The number of carbonyl (C=O) groups is 2. The summed E-state index contributed by atoms with van der Waals surface area (Å²) in [6.45, 7) is 0. The molecule has 0 fully saturated rings. The van der Waals surface area contributed by atoms with Crippen LogP contribution in [0.5, 0.6) is 11.5 Å². The van der Waals surface area contributed by atoms with E-state index < -0.39 is 11.9 Å². The Morgan fingerprint density at radius 3 is 2.35 bits per heavy atom. The molecule has 4 aromatic carbocycles. The molecule has 0 atom stereocenters. The van der Waals surface area contributed by atoms with Crippen molar-refractivity contribution in [2.75, 3.05) is 0 Å². The van der Waals surface area contributed by atoms with Crippen molar-refractivity contribution in [2.45, 2.75) is 0 Å². The van der Waals surface area contributed by atoms with Gasteiger partial charge in [0.05, 0.1) is 17.3 Å². The molecule has 152 valence electrons. The van der Waals surface area contributed by atoms with Crippen LogP contribution in [0.25, 0.3) is 10.8 Å². The van der Waals surface area contributed by atoms with E-state index in [-0.39, 0.29) is 11.3 Å². The lowest BCUT2D eigenvalue weighted by Crippen LogP contribution is -2.18. The van der Waals surface area contributed by atoms with Crippen LogP contribution >= 0.6 is 0 Å². The summed E-state index contributed by atoms with van der Waals surface area (Å²) >= 11 is 0. The van der Waals surface area contributed by atoms with Gasteiger partial charge in [-0.05, 0) is 41.1 Å². The van der Waals surface area contributed by atoms with Crippen molar-refractivity contribution in [3.63, 3.8) is 0 Å². The van der Waals surface area contributed by atoms with E-state index >= 15 is 0 Å². The van der Waals surface area contributed by atoms with E-state index in [4.69, 9.17) is 4.74 Å². The minimum atomic E-state index is -0.558. The molecule has 0 aliphatic rings. The Labute approximate surface area is 178 Å². The standard InChI is InChI=1S/C25H18N2O4/c28-22-13-7-6-12-20(22)24(29)27-26-16-21-19-11-5-4-8-17(19)14-15-23(21)31-25(30)18-9-2-1-3-10-18/h1-16,28H,(H,27,29). The van der Waals surface area contributed by atoms with Crippen LogP contribution in [-0.2, 0) is 0 Å². The number of hydrazone groups is 1. The molecule has 2 N–H and O–H groups in total. The second kappa shape index (κ2) is 8.92. The number of rotatable bonds is 5. The first-order valence-corrected chi connectivity index (χ1v) is 9.54. The molecule has 4 rings (SSSR count). The predicted octanol–water partition coefficient (Wildman–Crippen LogP) is 4.53. The quantitative estimate of drug-likeness (QED) is 0.219. The van der Waals surface area contributed by atoms with Gasteiger partial charge in [-0.3, -0.25) is 4.79 Å². The summed E-state index contributed by atoms with van der Waals surface area (Å²) in [7, 11) is 0. The number of para-hydroxylation sites is 1. The summed E-state index contributed by atoms with van der Waals surface area (Å²) in [5.41, 5.74) is 3.46. The normalized spacial score (nSPS) is 10.8. The molecule has 0 saturated heterocycles. The third kappa shape index (κ3) is 4.43. The minimum absolute atomic E-state index is 0.105. The Morgan fingerprint density at radius 2 is 1.55 bits per heavy atom. The molecule has 0 radical (unpaired) electrons. The molecule has 0 saturated carbocycles. The molecule has 0 aliphatic heterocycles. The van der Waals surface area contributed by atoms with Gasteiger partial charge < -0.3 is 9.84 Å². The van der Waals surface area contributed by atoms with E-state index in [2.05, 4.69) is 10.5 Å². The topological polar surface area (TPSA) is 88.0 Å². The molecular weight excluding hydrogens is 392 g/mol. The molecule has 0 heterocycles. The van der Waals surface area contributed by atoms with Crippen LogP contribution in [0.1, 0.15) is 26.3 Å². The van der Waals surface area contributed by atoms with Crippen LogP contribution in [0.2, 0.25) is 0 Å². The number of phenolic OH excluding ortho intramolecular Hbond substituents is 1. The third-order valence-electron chi connectivity index (χ3n) is 4.65. The van der Waals surface area contributed by atoms with Crippen LogP contribution in [-0.4, -0.2) is 23.2 Å². The Hall–Kier alpha value is -4.45. The van der Waals surface area contributed by atoms with Crippen LogP contribution in [0.4, 0.5) is 0 Å². The number of phenols is 1. The van der Waals surface area contributed by atoms with Gasteiger partial charge in [-0.1, -0.05) is 60.7 Å². The molecule has 6 heteroatoms. The van der Waals surface area contributed by atoms with Crippen molar-refractivity contribution in [3.8, 4) is 11.5 Å². The summed E-state index contributed by atoms with van der Waals surface area (Å²) in [4.78, 5) is 24.8. The van der Waals surface area contributed by atoms with Crippen LogP contribution in [0.15, 0.2) is 96.1 Å².